The highest BCUT2D eigenvalue weighted by Gasteiger charge is 2.36. The number of likely N-dealkylation sites (tertiary alicyclic amines) is 2. The number of nitriles is 1. The Bertz CT molecular complexity index is 3150. The van der Waals surface area contributed by atoms with Crippen molar-refractivity contribution in [1.29, 1.82) is 5.26 Å². The number of piperidine rings is 1. The first kappa shape index (κ1) is 49.2. The van der Waals surface area contributed by atoms with Gasteiger partial charge < -0.3 is 34.5 Å². The number of carbonyl (C=O) groups excluding carboxylic acids is 2. The number of benzene rings is 4. The summed E-state index contributed by atoms with van der Waals surface area (Å²) in [5.74, 6) is 0.851. The number of halogens is 1. The third-order valence-corrected chi connectivity index (χ3v) is 15.3. The predicted molar refractivity (Wildman–Crippen MR) is 279 cm³/mol. The fraction of sp³-hybridized carbons (Fsp3) is 0.400. The van der Waals surface area contributed by atoms with Gasteiger partial charge in [-0.25, -0.2) is 14.5 Å². The number of phenolic OH excluding ortho intramolecular Hbond substituents is 2. The van der Waals surface area contributed by atoms with Gasteiger partial charge in [-0.05, 0) is 97.6 Å². The molecule has 378 valence electrons. The van der Waals surface area contributed by atoms with Crippen molar-refractivity contribution in [1.82, 2.24) is 39.4 Å². The van der Waals surface area contributed by atoms with Gasteiger partial charge in [0, 0.05) is 80.4 Å². The number of aromatic nitrogens is 5. The van der Waals surface area contributed by atoms with E-state index in [2.05, 4.69) is 55.7 Å². The van der Waals surface area contributed by atoms with Gasteiger partial charge in [0.25, 0.3) is 0 Å². The molecule has 6 aromatic rings. The van der Waals surface area contributed by atoms with E-state index in [1.165, 1.54) is 16.7 Å². The van der Waals surface area contributed by atoms with Crippen LogP contribution in [0.4, 0.5) is 11.5 Å². The molecule has 0 bridgehead atoms. The summed E-state index contributed by atoms with van der Waals surface area (Å²) >= 11 is 6.80. The molecule has 0 aliphatic carbocycles. The normalized spacial score (nSPS) is 18.6. The highest BCUT2D eigenvalue weighted by atomic mass is 35.5. The van der Waals surface area contributed by atoms with Gasteiger partial charge in [-0.15, -0.1) is 0 Å². The molecule has 4 aliphatic rings. The zero-order chi connectivity index (χ0) is 50.9. The summed E-state index contributed by atoms with van der Waals surface area (Å²) in [4.78, 5) is 60.4. The molecule has 73 heavy (non-hydrogen) atoms. The Morgan fingerprint density at radius 1 is 0.945 bits per heavy atom. The van der Waals surface area contributed by atoms with Gasteiger partial charge >= 0.3 is 11.7 Å². The minimum atomic E-state index is -0.447. The van der Waals surface area contributed by atoms with E-state index in [4.69, 9.17) is 26.3 Å². The van der Waals surface area contributed by atoms with Crippen molar-refractivity contribution in [3.63, 3.8) is 0 Å². The van der Waals surface area contributed by atoms with E-state index in [0.29, 0.717) is 80.7 Å². The van der Waals surface area contributed by atoms with Gasteiger partial charge in [0.1, 0.15) is 17.3 Å². The van der Waals surface area contributed by atoms with Crippen LogP contribution in [0.1, 0.15) is 67.8 Å². The molecule has 4 aliphatic heterocycles. The number of fused-ring (bicyclic) bond motifs is 2. The maximum absolute atomic E-state index is 14.0. The number of hydrogen-bond acceptors (Lipinski definition) is 13. The lowest BCUT2D eigenvalue weighted by Gasteiger charge is -2.42. The summed E-state index contributed by atoms with van der Waals surface area (Å²) in [6, 6.07) is 25.0. The molecule has 3 fully saturated rings. The molecule has 0 saturated carbocycles. The fourth-order valence-corrected chi connectivity index (χ4v) is 11.4. The molecule has 3 N–H and O–H groups in total. The Kier molecular flexibility index (Phi) is 14.1. The van der Waals surface area contributed by atoms with Crippen LogP contribution in [0.5, 0.6) is 17.5 Å². The van der Waals surface area contributed by atoms with Crippen LogP contribution >= 0.6 is 11.6 Å². The fourth-order valence-electron chi connectivity index (χ4n) is 11.1. The summed E-state index contributed by atoms with van der Waals surface area (Å²) in [6.07, 6.45) is 4.50. The van der Waals surface area contributed by atoms with E-state index in [-0.39, 0.29) is 65.4 Å². The third kappa shape index (κ3) is 10.1. The molecule has 2 amide bonds. The highest BCUT2D eigenvalue weighted by Crippen LogP contribution is 2.39. The highest BCUT2D eigenvalue weighted by molar-refractivity contribution is 6.36. The van der Waals surface area contributed by atoms with Crippen molar-refractivity contribution in [2.45, 2.75) is 71.0 Å². The third-order valence-electron chi connectivity index (χ3n) is 15.0. The monoisotopic (exact) mass is 1010 g/mol. The molecule has 0 spiro atoms. The first-order valence-corrected chi connectivity index (χ1v) is 25.6. The maximum atomic E-state index is 14.0. The molecule has 2 unspecified atom stereocenters. The minimum Gasteiger partial charge on any atom is -0.508 e. The van der Waals surface area contributed by atoms with Crippen molar-refractivity contribution >= 4 is 45.7 Å². The molecule has 17 nitrogen and oxygen atoms in total. The number of anilines is 2. The van der Waals surface area contributed by atoms with Crippen molar-refractivity contribution < 1.29 is 24.5 Å². The number of phenols is 2. The number of piperazine rings is 1. The maximum Gasteiger partial charge on any atom is 0.348 e. The molecule has 6 heterocycles. The predicted octanol–water partition coefficient (Wildman–Crippen LogP) is 7.18. The Hall–Kier alpha value is -7.42. The lowest BCUT2D eigenvalue weighted by atomic mass is 9.95. The average Bonchev–Trinajstić information content (AvgIpc) is 4.04. The van der Waals surface area contributed by atoms with Crippen LogP contribution in [0.2, 0.25) is 5.02 Å². The van der Waals surface area contributed by atoms with Crippen LogP contribution in [-0.4, -0.2) is 126 Å². The van der Waals surface area contributed by atoms with E-state index in [0.717, 1.165) is 78.0 Å². The zero-order valence-electron chi connectivity index (χ0n) is 41.2. The number of amides is 2. The Balaban J connectivity index is 0.772. The van der Waals surface area contributed by atoms with Crippen LogP contribution in [0, 0.1) is 23.2 Å². The first-order valence-electron chi connectivity index (χ1n) is 25.2. The van der Waals surface area contributed by atoms with Crippen LogP contribution in [0.3, 0.4) is 0 Å². The van der Waals surface area contributed by atoms with Crippen LogP contribution in [0.25, 0.3) is 27.8 Å². The molecule has 10 rings (SSSR count). The smallest absolute Gasteiger partial charge is 0.348 e. The van der Waals surface area contributed by atoms with Crippen molar-refractivity contribution in [3.8, 4) is 40.7 Å². The quantitative estimate of drug-likeness (QED) is 0.0985. The lowest BCUT2D eigenvalue weighted by Crippen LogP contribution is -2.55. The lowest BCUT2D eigenvalue weighted by molar-refractivity contribution is -0.136. The van der Waals surface area contributed by atoms with Gasteiger partial charge in [0.05, 0.1) is 53.7 Å². The molecule has 4 aromatic carbocycles. The van der Waals surface area contributed by atoms with Gasteiger partial charge in [-0.2, -0.15) is 20.3 Å². The first-order chi connectivity index (χ1) is 35.4. The van der Waals surface area contributed by atoms with Crippen LogP contribution in [0.15, 0.2) is 90.2 Å². The largest absolute Gasteiger partial charge is 0.508 e. The zero-order valence-corrected chi connectivity index (χ0v) is 42.0. The Morgan fingerprint density at radius 3 is 2.48 bits per heavy atom. The van der Waals surface area contributed by atoms with Gasteiger partial charge in [0.2, 0.25) is 11.8 Å². The summed E-state index contributed by atoms with van der Waals surface area (Å²) < 4.78 is 7.90. The number of hydrogen-bond donors (Lipinski definition) is 3. The van der Waals surface area contributed by atoms with Crippen molar-refractivity contribution in [2.24, 2.45) is 11.8 Å². The molecular weight excluding hydrogens is 946 g/mol. The van der Waals surface area contributed by atoms with E-state index in [1.54, 1.807) is 11.0 Å². The number of aromatic amines is 1. The Morgan fingerprint density at radius 2 is 1.73 bits per heavy atom. The van der Waals surface area contributed by atoms with Crippen LogP contribution < -0.4 is 20.2 Å². The number of nitrogens with one attached hydrogen (secondary N) is 1. The molecule has 0 radical (unpaired) electrons. The van der Waals surface area contributed by atoms with E-state index in [1.807, 2.05) is 61.2 Å². The standard InChI is InChI=1S/C55H60ClN11O6/c1-4-49(70)66-26-25-64(31-40(66)15-20-57)51-41-19-24-63(46-10-6-8-37-7-5-9-44(56)50(37)46)32-45(41)58-54(59-51)73-33-36-16-23-65(30-36)53(71)38-17-21-62(22-18-38)29-35-11-13-39(14-12-35)67-52(60-61-55(67)72)43-27-42(34(2)3)47(68)28-48(43)69/h4-14,27-28,34,36,38,40,68-69H,1,15-19,21-26,29-33H2,2-3H3,(H,61,72). The SMILES string of the molecule is C=CC(=O)N1CCN(c2nc(OCC3CCN(C(=O)C4CCN(Cc5ccc(-n6c(-c7cc(C(C)C)c(O)cc7O)n[nH]c6=O)cc5)CC4)C3)nc3c2CCN(c2cccc4cccc(Cl)c24)C3)CC1CC#N. The molecule has 2 atom stereocenters. The average molecular weight is 1010 g/mol. The van der Waals surface area contributed by atoms with Gasteiger partial charge in [-0.3, -0.25) is 14.5 Å². The molecule has 3 saturated heterocycles. The van der Waals surface area contributed by atoms with Gasteiger partial charge in [-0.1, -0.05) is 68.4 Å². The number of H-pyrrole nitrogens is 1. The molecule has 18 heteroatoms. The number of rotatable bonds is 13. The van der Waals surface area contributed by atoms with Crippen molar-refractivity contribution in [2.75, 3.05) is 68.8 Å². The summed E-state index contributed by atoms with van der Waals surface area (Å²) in [5.41, 5.74) is 5.10. The summed E-state index contributed by atoms with van der Waals surface area (Å²) in [7, 11) is 0. The summed E-state index contributed by atoms with van der Waals surface area (Å²) in [5, 5.41) is 40.3. The van der Waals surface area contributed by atoms with Gasteiger partial charge in [0.15, 0.2) is 5.82 Å². The van der Waals surface area contributed by atoms with Crippen LogP contribution in [-0.2, 0) is 29.1 Å². The second kappa shape index (κ2) is 21.0. The van der Waals surface area contributed by atoms with E-state index in [9.17, 15) is 29.9 Å². The summed E-state index contributed by atoms with van der Waals surface area (Å²) in [6.45, 7) is 14.1. The number of nitrogens with zero attached hydrogens (tertiary/aromatic N) is 10. The van der Waals surface area contributed by atoms with E-state index >= 15 is 0 Å². The number of aromatic hydroxyl groups is 2. The second-order valence-electron chi connectivity index (χ2n) is 20.0. The number of carbonyl (C=O) groups is 2. The topological polar surface area (TPSA) is 200 Å². The molecule has 2 aromatic heterocycles. The minimum absolute atomic E-state index is 0.0143. The van der Waals surface area contributed by atoms with E-state index < -0.39 is 5.69 Å². The molecular formula is C55H60ClN11O6. The second-order valence-corrected chi connectivity index (χ2v) is 20.4. The Labute approximate surface area is 428 Å². The number of ether oxygens (including phenoxy) is 1. The van der Waals surface area contributed by atoms with Crippen molar-refractivity contribution in [3.05, 3.63) is 123 Å².